The molecule has 0 aliphatic heterocycles. The number of hydrogen-bond donors (Lipinski definition) is 2. The van der Waals surface area contributed by atoms with E-state index in [2.05, 4.69) is 5.32 Å². The fraction of sp³-hybridized carbons (Fsp3) is 0.192. The van der Waals surface area contributed by atoms with E-state index in [4.69, 9.17) is 32.6 Å². The molecule has 2 heterocycles. The van der Waals surface area contributed by atoms with E-state index >= 15 is 0 Å². The second kappa shape index (κ2) is 9.58. The largest absolute Gasteiger partial charge is 0.432 e. The number of fused-ring (bicyclic) bond motifs is 1. The number of carbonyl (C=O) groups is 2. The highest BCUT2D eigenvalue weighted by atomic mass is 35.5. The van der Waals surface area contributed by atoms with Crippen molar-refractivity contribution in [3.05, 3.63) is 70.4 Å². The number of nitrogens with one attached hydrogen (secondary N) is 1. The number of carbonyl (C=O) groups excluding carboxylic acids is 2. The van der Waals surface area contributed by atoms with Gasteiger partial charge in [-0.25, -0.2) is 4.98 Å². The average molecular weight is 497 g/mol. The van der Waals surface area contributed by atoms with E-state index in [9.17, 15) is 14.7 Å². The monoisotopic (exact) mass is 496 g/mol. The Morgan fingerprint density at radius 2 is 1.68 bits per heavy atom. The number of Topliss-reactive ketones (excluding diaryl/α,β-unsaturated/α-hetero) is 1. The van der Waals surface area contributed by atoms with Gasteiger partial charge in [-0.1, -0.05) is 67.4 Å². The predicted molar refractivity (Wildman–Crippen MR) is 134 cm³/mol. The molecular formula is C26H22Cl2N2O4. The Hall–Kier alpha value is -3.19. The van der Waals surface area contributed by atoms with Crippen molar-refractivity contribution in [1.82, 2.24) is 4.98 Å². The van der Waals surface area contributed by atoms with Crippen LogP contribution in [0.25, 0.3) is 33.5 Å². The highest BCUT2D eigenvalue weighted by Crippen LogP contribution is 2.41. The first kappa shape index (κ1) is 24.0. The molecule has 0 aliphatic rings. The number of aliphatic hydroxyl groups is 1. The number of furan rings is 1. The Morgan fingerprint density at radius 1 is 1.00 bits per heavy atom. The number of amides is 1. The maximum Gasteiger partial charge on any atom is 0.253 e. The number of ketones is 1. The number of aliphatic hydroxyl groups excluding tert-OH is 1. The fourth-order valence-corrected chi connectivity index (χ4v) is 3.87. The molecule has 2 aromatic heterocycles. The van der Waals surface area contributed by atoms with Gasteiger partial charge >= 0.3 is 0 Å². The van der Waals surface area contributed by atoms with Crippen LogP contribution in [-0.4, -0.2) is 27.9 Å². The lowest BCUT2D eigenvalue weighted by Crippen LogP contribution is -2.25. The summed E-state index contributed by atoms with van der Waals surface area (Å²) in [5, 5.41) is 13.9. The van der Waals surface area contributed by atoms with E-state index in [-0.39, 0.29) is 28.9 Å². The van der Waals surface area contributed by atoms with Crippen molar-refractivity contribution in [3.63, 3.8) is 0 Å². The average Bonchev–Trinajstić information content (AvgIpc) is 3.15. The third kappa shape index (κ3) is 4.57. The third-order valence-corrected chi connectivity index (χ3v) is 5.92. The molecule has 4 aromatic rings. The zero-order valence-electron chi connectivity index (χ0n) is 18.7. The van der Waals surface area contributed by atoms with Crippen LogP contribution in [-0.2, 0) is 4.79 Å². The zero-order valence-corrected chi connectivity index (χ0v) is 20.2. The molecule has 1 atom stereocenters. The molecule has 0 aliphatic carbocycles. The zero-order chi connectivity index (χ0) is 24.6. The molecule has 1 unspecified atom stereocenters. The van der Waals surface area contributed by atoms with Crippen LogP contribution in [0.5, 0.6) is 0 Å². The summed E-state index contributed by atoms with van der Waals surface area (Å²) in [6.45, 7) is 4.81. The summed E-state index contributed by atoms with van der Waals surface area (Å²) in [7, 11) is 0. The van der Waals surface area contributed by atoms with Gasteiger partial charge in [0.05, 0.1) is 11.1 Å². The second-order valence-corrected chi connectivity index (χ2v) is 9.06. The lowest BCUT2D eigenvalue weighted by atomic mass is 9.97. The highest BCUT2D eigenvalue weighted by molar-refractivity contribution is 6.33. The summed E-state index contributed by atoms with van der Waals surface area (Å²) in [6.07, 6.45) is -1.28. The van der Waals surface area contributed by atoms with E-state index in [1.165, 1.54) is 6.92 Å². The van der Waals surface area contributed by atoms with E-state index in [0.717, 1.165) is 5.56 Å². The molecule has 8 heteroatoms. The number of pyridine rings is 1. The van der Waals surface area contributed by atoms with Crippen molar-refractivity contribution in [1.29, 1.82) is 0 Å². The van der Waals surface area contributed by atoms with Crippen LogP contribution in [0.2, 0.25) is 10.0 Å². The Labute approximate surface area is 206 Å². The maximum absolute atomic E-state index is 12.9. The van der Waals surface area contributed by atoms with E-state index in [1.54, 1.807) is 38.1 Å². The van der Waals surface area contributed by atoms with Gasteiger partial charge in [0.25, 0.3) is 5.91 Å². The van der Waals surface area contributed by atoms with Crippen LogP contribution in [0, 0.1) is 5.92 Å². The van der Waals surface area contributed by atoms with Gasteiger partial charge < -0.3 is 14.8 Å². The van der Waals surface area contributed by atoms with Gasteiger partial charge in [0.2, 0.25) is 11.5 Å². The molecule has 0 fully saturated rings. The van der Waals surface area contributed by atoms with Gasteiger partial charge in [-0.15, -0.1) is 0 Å². The van der Waals surface area contributed by atoms with Gasteiger partial charge in [0.15, 0.2) is 5.76 Å². The van der Waals surface area contributed by atoms with Crippen molar-refractivity contribution in [2.45, 2.75) is 26.9 Å². The molecule has 2 N–H and O–H groups in total. The lowest BCUT2D eigenvalue weighted by molar-refractivity contribution is -0.123. The van der Waals surface area contributed by atoms with Crippen molar-refractivity contribution in [2.24, 2.45) is 5.92 Å². The number of halogens is 2. The van der Waals surface area contributed by atoms with Crippen LogP contribution in [0.1, 0.15) is 31.3 Å². The summed E-state index contributed by atoms with van der Waals surface area (Å²) < 4.78 is 5.89. The van der Waals surface area contributed by atoms with Crippen LogP contribution in [0.4, 0.5) is 5.69 Å². The minimum atomic E-state index is -1.28. The molecule has 6 nitrogen and oxygen atoms in total. The maximum atomic E-state index is 12.9. The topological polar surface area (TPSA) is 92.4 Å². The first-order valence-corrected chi connectivity index (χ1v) is 11.4. The molecule has 34 heavy (non-hydrogen) atoms. The van der Waals surface area contributed by atoms with Gasteiger partial charge in [-0.05, 0) is 36.8 Å². The lowest BCUT2D eigenvalue weighted by Gasteiger charge is -2.12. The van der Waals surface area contributed by atoms with Gasteiger partial charge in [-0.3, -0.25) is 9.59 Å². The first-order valence-electron chi connectivity index (χ1n) is 10.7. The Bertz CT molecular complexity index is 1390. The molecule has 0 bridgehead atoms. The Kier molecular flexibility index (Phi) is 6.75. The van der Waals surface area contributed by atoms with Crippen LogP contribution < -0.4 is 5.32 Å². The molecule has 0 saturated heterocycles. The Morgan fingerprint density at radius 3 is 2.29 bits per heavy atom. The third-order valence-electron chi connectivity index (χ3n) is 5.34. The number of rotatable bonds is 6. The summed E-state index contributed by atoms with van der Waals surface area (Å²) in [6, 6.07) is 16.3. The molecule has 0 saturated carbocycles. The van der Waals surface area contributed by atoms with Crippen LogP contribution in [0.15, 0.2) is 59.0 Å². The van der Waals surface area contributed by atoms with E-state index in [0.29, 0.717) is 32.3 Å². The minimum Gasteiger partial charge on any atom is -0.432 e. The van der Waals surface area contributed by atoms with Gasteiger partial charge in [0, 0.05) is 27.1 Å². The van der Waals surface area contributed by atoms with E-state index < -0.39 is 12.0 Å². The quantitative estimate of drug-likeness (QED) is 0.292. The standard InChI is InChI=1S/C26H22Cl2N2O4/c1-13(2)23(32)24-22(29-25(33)14(3)31)19-12-18(15-8-10-16(27)11-9-15)21(30-26(19)34-24)17-6-4-5-7-20(17)28/h4-14,31H,1-3H3,(H,29,33). The number of hydrogen-bond acceptors (Lipinski definition) is 5. The molecule has 174 valence electrons. The van der Waals surface area contributed by atoms with Crippen molar-refractivity contribution in [3.8, 4) is 22.4 Å². The SMILES string of the molecule is CC(C)C(=O)c1oc2nc(-c3ccccc3Cl)c(-c3ccc(Cl)cc3)cc2c1NC(=O)C(C)O. The summed E-state index contributed by atoms with van der Waals surface area (Å²) >= 11 is 12.6. The number of aromatic nitrogens is 1. The number of anilines is 1. The van der Waals surface area contributed by atoms with Gasteiger partial charge in [-0.2, -0.15) is 0 Å². The molecular weight excluding hydrogens is 475 g/mol. The minimum absolute atomic E-state index is 0.0233. The fourth-order valence-electron chi connectivity index (χ4n) is 3.52. The van der Waals surface area contributed by atoms with E-state index in [1.807, 2.05) is 30.3 Å². The molecule has 2 aromatic carbocycles. The first-order chi connectivity index (χ1) is 16.2. The molecule has 0 radical (unpaired) electrons. The summed E-state index contributed by atoms with van der Waals surface area (Å²) in [5.74, 6) is -1.37. The van der Waals surface area contributed by atoms with Crippen molar-refractivity contribution < 1.29 is 19.1 Å². The molecule has 4 rings (SSSR count). The smallest absolute Gasteiger partial charge is 0.253 e. The van der Waals surface area contributed by atoms with Crippen LogP contribution in [0.3, 0.4) is 0 Å². The van der Waals surface area contributed by atoms with Crippen LogP contribution >= 0.6 is 23.2 Å². The summed E-state index contributed by atoms with van der Waals surface area (Å²) in [5.41, 5.74) is 3.07. The molecule has 1 amide bonds. The van der Waals surface area contributed by atoms with Crippen molar-refractivity contribution >= 4 is 51.7 Å². The second-order valence-electron chi connectivity index (χ2n) is 8.21. The predicted octanol–water partition coefficient (Wildman–Crippen LogP) is 6.63. The summed E-state index contributed by atoms with van der Waals surface area (Å²) in [4.78, 5) is 30.0. The number of benzene rings is 2. The highest BCUT2D eigenvalue weighted by Gasteiger charge is 2.27. The Balaban J connectivity index is 2.05. The number of nitrogens with zero attached hydrogens (tertiary/aromatic N) is 1. The normalized spacial score (nSPS) is 12.2. The van der Waals surface area contributed by atoms with Crippen molar-refractivity contribution in [2.75, 3.05) is 5.32 Å². The molecule has 0 spiro atoms. The van der Waals surface area contributed by atoms with Gasteiger partial charge in [0.1, 0.15) is 11.8 Å².